The average molecular weight is 643 g/mol. The van der Waals surface area contributed by atoms with Crippen LogP contribution in [-0.2, 0) is 26.2 Å². The van der Waals surface area contributed by atoms with E-state index in [1.807, 2.05) is 0 Å². The van der Waals surface area contributed by atoms with Crippen LogP contribution in [0.15, 0.2) is 97.1 Å². The first kappa shape index (κ1) is 34.6. The van der Waals surface area contributed by atoms with Crippen molar-refractivity contribution in [2.75, 3.05) is 13.3 Å². The van der Waals surface area contributed by atoms with Crippen LogP contribution >= 0.6 is 0 Å². The smallest absolute Gasteiger partial charge is 0.0948 e. The molecule has 0 aromatic heterocycles. The molecule has 6 rings (SSSR count). The molecule has 0 atom stereocenters. The van der Waals surface area contributed by atoms with Gasteiger partial charge in [-0.2, -0.15) is 0 Å². The van der Waals surface area contributed by atoms with Crippen LogP contribution in [0.4, 0.5) is 0 Å². The summed E-state index contributed by atoms with van der Waals surface area (Å²) in [6.45, 7) is 23.9. The summed E-state index contributed by atoms with van der Waals surface area (Å²) in [5, 5.41) is 0. The van der Waals surface area contributed by atoms with E-state index >= 15 is 0 Å². The van der Waals surface area contributed by atoms with E-state index in [1.54, 1.807) is 0 Å². The number of nitrogens with zero attached hydrogens (tertiary/aromatic N) is 4. The Morgan fingerprint density at radius 1 is 0.354 bits per heavy atom. The van der Waals surface area contributed by atoms with Gasteiger partial charge in [0, 0.05) is 26.2 Å². The summed E-state index contributed by atoms with van der Waals surface area (Å²) in [7, 11) is 0. The van der Waals surface area contributed by atoms with Gasteiger partial charge in [0.2, 0.25) is 0 Å². The van der Waals surface area contributed by atoms with E-state index < -0.39 is 0 Å². The van der Waals surface area contributed by atoms with Crippen molar-refractivity contribution in [3.05, 3.63) is 142 Å². The molecule has 0 saturated carbocycles. The van der Waals surface area contributed by atoms with Crippen LogP contribution in [-0.4, -0.2) is 45.3 Å². The number of hydrogen-bond donors (Lipinski definition) is 0. The van der Waals surface area contributed by atoms with Crippen LogP contribution in [0.3, 0.4) is 0 Å². The largest absolute Gasteiger partial charge is 0.268 e. The maximum Gasteiger partial charge on any atom is 0.0948 e. The Labute approximate surface area is 291 Å². The zero-order valence-corrected chi connectivity index (χ0v) is 30.7. The molecule has 4 aromatic carbocycles. The molecule has 4 aromatic rings. The van der Waals surface area contributed by atoms with Crippen molar-refractivity contribution in [2.45, 2.75) is 118 Å². The third-order valence-electron chi connectivity index (χ3n) is 10.6. The molecule has 2 saturated heterocycles. The van der Waals surface area contributed by atoms with Crippen molar-refractivity contribution in [1.82, 2.24) is 19.6 Å². The van der Waals surface area contributed by atoms with Gasteiger partial charge in [-0.1, -0.05) is 152 Å². The minimum atomic E-state index is 0.296. The summed E-state index contributed by atoms with van der Waals surface area (Å²) >= 11 is 0. The second kappa shape index (κ2) is 15.1. The van der Waals surface area contributed by atoms with E-state index in [0.29, 0.717) is 36.0 Å². The molecule has 0 N–H and O–H groups in total. The van der Waals surface area contributed by atoms with Crippen LogP contribution in [0.2, 0.25) is 0 Å². The van der Waals surface area contributed by atoms with Gasteiger partial charge in [-0.15, -0.1) is 0 Å². The lowest BCUT2D eigenvalue weighted by Crippen LogP contribution is -2.45. The highest BCUT2D eigenvalue weighted by molar-refractivity contribution is 5.29. The van der Waals surface area contributed by atoms with Gasteiger partial charge in [-0.25, -0.2) is 0 Å². The van der Waals surface area contributed by atoms with Crippen molar-refractivity contribution in [1.29, 1.82) is 0 Å². The molecule has 254 valence electrons. The van der Waals surface area contributed by atoms with Crippen molar-refractivity contribution in [3.63, 3.8) is 0 Å². The fourth-order valence-corrected chi connectivity index (χ4v) is 7.56. The second-order valence-electron chi connectivity index (χ2n) is 15.7. The van der Waals surface area contributed by atoms with Gasteiger partial charge >= 0.3 is 0 Å². The zero-order valence-electron chi connectivity index (χ0n) is 30.7. The summed E-state index contributed by atoms with van der Waals surface area (Å²) < 4.78 is 0. The summed E-state index contributed by atoms with van der Waals surface area (Å²) in [4.78, 5) is 11.0. The van der Waals surface area contributed by atoms with Gasteiger partial charge in [-0.3, -0.25) is 19.6 Å². The molecule has 0 radical (unpaired) electrons. The quantitative estimate of drug-likeness (QED) is 0.152. The molecule has 0 spiro atoms. The lowest BCUT2D eigenvalue weighted by Gasteiger charge is -2.30. The van der Waals surface area contributed by atoms with Crippen molar-refractivity contribution >= 4 is 0 Å². The van der Waals surface area contributed by atoms with Gasteiger partial charge < -0.3 is 0 Å². The Hall–Kier alpha value is -3.28. The van der Waals surface area contributed by atoms with Crippen molar-refractivity contribution < 1.29 is 0 Å². The topological polar surface area (TPSA) is 13.0 Å². The van der Waals surface area contributed by atoms with E-state index in [4.69, 9.17) is 0 Å². The van der Waals surface area contributed by atoms with Crippen LogP contribution < -0.4 is 0 Å². The first-order valence-electron chi connectivity index (χ1n) is 18.4. The van der Waals surface area contributed by atoms with E-state index in [9.17, 15) is 0 Å². The fourth-order valence-electron chi connectivity index (χ4n) is 7.56. The van der Waals surface area contributed by atoms with Gasteiger partial charge in [0.25, 0.3) is 0 Å². The number of fused-ring (bicyclic) bond motifs is 1. The van der Waals surface area contributed by atoms with E-state index in [-0.39, 0.29) is 0 Å². The fraction of sp³-hybridized carbons (Fsp3) is 0.455. The number of rotatable bonds is 12. The zero-order chi connectivity index (χ0) is 33.9. The molecule has 0 aliphatic carbocycles. The first-order valence-corrected chi connectivity index (χ1v) is 18.4. The van der Waals surface area contributed by atoms with E-state index in [0.717, 1.165) is 39.5 Å². The highest BCUT2D eigenvalue weighted by atomic mass is 15.6. The van der Waals surface area contributed by atoms with Crippen LogP contribution in [0.5, 0.6) is 0 Å². The van der Waals surface area contributed by atoms with Crippen LogP contribution in [0, 0.1) is 0 Å². The highest BCUT2D eigenvalue weighted by Gasteiger charge is 2.51. The SMILES string of the molecule is CC(C)c1ccc(CN2CN(Cc3ccc(C(C)C)cc3)C3C2N(Cc2ccc(C(C)C)cc2)CN3Cc2ccc(C(C)C)cc2)cc1. The molecule has 4 nitrogen and oxygen atoms in total. The third kappa shape index (κ3) is 7.95. The molecule has 48 heavy (non-hydrogen) atoms. The first-order chi connectivity index (χ1) is 23.0. The summed E-state index contributed by atoms with van der Waals surface area (Å²) in [5.74, 6) is 2.18. The second-order valence-corrected chi connectivity index (χ2v) is 15.7. The Morgan fingerprint density at radius 3 is 0.708 bits per heavy atom. The Morgan fingerprint density at radius 2 is 0.542 bits per heavy atom. The van der Waals surface area contributed by atoms with E-state index in [1.165, 1.54) is 44.5 Å². The molecule has 2 fully saturated rings. The highest BCUT2D eigenvalue weighted by Crippen LogP contribution is 2.37. The lowest BCUT2D eigenvalue weighted by atomic mass is 10.0. The number of benzene rings is 4. The molecule has 2 aliphatic heterocycles. The minimum Gasteiger partial charge on any atom is -0.268 e. The van der Waals surface area contributed by atoms with Gasteiger partial charge in [-0.05, 0) is 68.2 Å². The Bertz CT molecular complexity index is 1340. The monoisotopic (exact) mass is 642 g/mol. The maximum absolute atomic E-state index is 2.74. The molecule has 0 amide bonds. The number of hydrogen-bond acceptors (Lipinski definition) is 4. The maximum atomic E-state index is 2.74. The van der Waals surface area contributed by atoms with E-state index in [2.05, 4.69) is 172 Å². The van der Waals surface area contributed by atoms with Crippen LogP contribution in [0.25, 0.3) is 0 Å². The molecular formula is C44H58N4. The van der Waals surface area contributed by atoms with Crippen molar-refractivity contribution in [3.8, 4) is 0 Å². The van der Waals surface area contributed by atoms with Gasteiger partial charge in [0.15, 0.2) is 0 Å². The Kier molecular flexibility index (Phi) is 10.9. The predicted octanol–water partition coefficient (Wildman–Crippen LogP) is 10.1. The minimum absolute atomic E-state index is 0.296. The predicted molar refractivity (Wildman–Crippen MR) is 202 cm³/mol. The third-order valence-corrected chi connectivity index (χ3v) is 10.6. The molecular weight excluding hydrogens is 585 g/mol. The average Bonchev–Trinajstić information content (AvgIpc) is 3.60. The van der Waals surface area contributed by atoms with Crippen molar-refractivity contribution in [2.24, 2.45) is 0 Å². The standard InChI is InChI=1S/C44H58N4/c1-31(2)39-17-9-35(10-18-39)25-45-29-46(26-36-11-19-40(20-12-36)32(3)4)44-43(45)47(27-37-13-21-41(22-14-37)33(5)6)30-48(44)28-38-15-23-42(24-16-38)34(7)8/h9-24,31-34,43-44H,25-30H2,1-8H3. The summed E-state index contributed by atoms with van der Waals surface area (Å²) in [6, 6.07) is 37.5. The summed E-state index contributed by atoms with van der Waals surface area (Å²) in [6.07, 6.45) is 0.592. The molecule has 2 heterocycles. The molecule has 0 bridgehead atoms. The van der Waals surface area contributed by atoms with Gasteiger partial charge in [0.1, 0.15) is 0 Å². The lowest BCUT2D eigenvalue weighted by molar-refractivity contribution is 0.0697. The molecule has 2 aliphatic rings. The summed E-state index contributed by atoms with van der Waals surface area (Å²) in [5.41, 5.74) is 11.2. The molecule has 0 unspecified atom stereocenters. The van der Waals surface area contributed by atoms with Gasteiger partial charge in [0.05, 0.1) is 25.7 Å². The van der Waals surface area contributed by atoms with Crippen LogP contribution in [0.1, 0.15) is 124 Å². The Balaban J connectivity index is 1.33. The molecule has 4 heteroatoms. The normalized spacial score (nSPS) is 19.4.